The van der Waals surface area contributed by atoms with Gasteiger partial charge in [0.15, 0.2) is 0 Å². The molecule has 0 aliphatic carbocycles. The summed E-state index contributed by atoms with van der Waals surface area (Å²) in [4.78, 5) is 16.7. The number of nitrogens with one attached hydrogen (secondary N) is 2. The normalized spacial score (nSPS) is 11.1. The Morgan fingerprint density at radius 2 is 1.58 bits per heavy atom. The first kappa shape index (κ1) is 20.7. The number of benzene rings is 3. The average Bonchev–Trinajstić information content (AvgIpc) is 2.71. The first-order valence-electron chi connectivity index (χ1n) is 10.5. The van der Waals surface area contributed by atoms with E-state index in [0.29, 0.717) is 0 Å². The van der Waals surface area contributed by atoms with Crippen molar-refractivity contribution < 1.29 is 9.53 Å². The molecule has 0 aliphatic rings. The summed E-state index contributed by atoms with van der Waals surface area (Å²) in [7, 11) is 0. The molecular weight excluding hydrogens is 386 g/mol. The zero-order valence-corrected chi connectivity index (χ0v) is 18.3. The van der Waals surface area contributed by atoms with Gasteiger partial charge in [-0.25, -0.2) is 9.78 Å². The minimum absolute atomic E-state index is 0.0426. The van der Waals surface area contributed by atoms with E-state index in [4.69, 9.17) is 9.72 Å². The Balaban J connectivity index is 1.68. The second kappa shape index (κ2) is 8.64. The second-order valence-electron chi connectivity index (χ2n) is 8.23. The van der Waals surface area contributed by atoms with Crippen molar-refractivity contribution >= 4 is 39.3 Å². The molecule has 5 nitrogen and oxygen atoms in total. The van der Waals surface area contributed by atoms with Gasteiger partial charge in [0.25, 0.3) is 0 Å². The van der Waals surface area contributed by atoms with Gasteiger partial charge in [-0.05, 0) is 68.7 Å². The number of nitrogens with zero attached hydrogens (tertiary/aromatic N) is 1. The van der Waals surface area contributed by atoms with Gasteiger partial charge in [0, 0.05) is 22.5 Å². The zero-order valence-electron chi connectivity index (χ0n) is 18.3. The van der Waals surface area contributed by atoms with E-state index in [1.807, 2.05) is 38.1 Å². The first-order chi connectivity index (χ1) is 14.9. The summed E-state index contributed by atoms with van der Waals surface area (Å²) in [6.45, 7) is 8.17. The van der Waals surface area contributed by atoms with Crippen LogP contribution in [0.2, 0.25) is 0 Å². The van der Waals surface area contributed by atoms with Crippen LogP contribution in [0.1, 0.15) is 30.5 Å². The molecule has 0 saturated carbocycles. The highest BCUT2D eigenvalue weighted by atomic mass is 16.5. The standard InChI is InChI=1S/C26H27N3O2/c1-16(2)27-26(30)31-15-19-6-5-7-20(14-19)28-25-21-10-8-17(3)12-23(21)29-24-13-18(4)9-11-22(24)25/h5-14,16H,15H2,1-4H3,(H,27,30)(H,28,29). The van der Waals surface area contributed by atoms with Crippen molar-refractivity contribution in [2.24, 2.45) is 0 Å². The summed E-state index contributed by atoms with van der Waals surface area (Å²) >= 11 is 0. The smallest absolute Gasteiger partial charge is 0.407 e. The maximum atomic E-state index is 11.8. The van der Waals surface area contributed by atoms with Crippen molar-refractivity contribution in [1.82, 2.24) is 10.3 Å². The van der Waals surface area contributed by atoms with Crippen LogP contribution in [0.25, 0.3) is 21.8 Å². The number of hydrogen-bond donors (Lipinski definition) is 2. The monoisotopic (exact) mass is 413 g/mol. The van der Waals surface area contributed by atoms with Crippen LogP contribution in [0.5, 0.6) is 0 Å². The molecule has 3 aromatic carbocycles. The molecule has 4 rings (SSSR count). The van der Waals surface area contributed by atoms with Crippen molar-refractivity contribution in [3.63, 3.8) is 0 Å². The van der Waals surface area contributed by atoms with Crippen LogP contribution in [0.3, 0.4) is 0 Å². The van der Waals surface area contributed by atoms with Crippen molar-refractivity contribution in [3.8, 4) is 0 Å². The number of carbonyl (C=O) groups excluding carboxylic acids is 1. The molecule has 0 bridgehead atoms. The first-order valence-corrected chi connectivity index (χ1v) is 10.5. The van der Waals surface area contributed by atoms with Crippen LogP contribution in [0.4, 0.5) is 16.2 Å². The van der Waals surface area contributed by atoms with E-state index in [2.05, 4.69) is 60.9 Å². The molecule has 0 spiro atoms. The van der Waals surface area contributed by atoms with Gasteiger partial charge in [-0.3, -0.25) is 0 Å². The molecule has 0 radical (unpaired) electrons. The number of pyridine rings is 1. The number of aryl methyl sites for hydroxylation is 2. The Morgan fingerprint density at radius 1 is 0.935 bits per heavy atom. The van der Waals surface area contributed by atoms with E-state index in [0.717, 1.165) is 38.7 Å². The van der Waals surface area contributed by atoms with Crippen LogP contribution in [-0.2, 0) is 11.3 Å². The highest BCUT2D eigenvalue weighted by molar-refractivity contribution is 6.08. The topological polar surface area (TPSA) is 63.2 Å². The largest absolute Gasteiger partial charge is 0.445 e. The highest BCUT2D eigenvalue weighted by Crippen LogP contribution is 2.34. The van der Waals surface area contributed by atoms with Gasteiger partial charge in [-0.15, -0.1) is 0 Å². The number of amides is 1. The highest BCUT2D eigenvalue weighted by Gasteiger charge is 2.11. The van der Waals surface area contributed by atoms with Gasteiger partial charge in [0.1, 0.15) is 6.61 Å². The van der Waals surface area contributed by atoms with Crippen LogP contribution >= 0.6 is 0 Å². The maximum absolute atomic E-state index is 11.8. The van der Waals surface area contributed by atoms with Gasteiger partial charge in [0.05, 0.1) is 16.7 Å². The molecule has 1 heterocycles. The van der Waals surface area contributed by atoms with Crippen LogP contribution < -0.4 is 10.6 Å². The Labute approximate surface area is 182 Å². The Hall–Kier alpha value is -3.60. The lowest BCUT2D eigenvalue weighted by Crippen LogP contribution is -2.30. The van der Waals surface area contributed by atoms with Crippen LogP contribution in [-0.4, -0.2) is 17.1 Å². The lowest BCUT2D eigenvalue weighted by atomic mass is 10.0. The molecule has 0 aliphatic heterocycles. The third-order valence-corrected chi connectivity index (χ3v) is 5.06. The van der Waals surface area contributed by atoms with E-state index in [1.54, 1.807) is 0 Å². The number of fused-ring (bicyclic) bond motifs is 2. The number of alkyl carbamates (subject to hydrolysis) is 1. The third kappa shape index (κ3) is 4.77. The fourth-order valence-corrected chi connectivity index (χ4v) is 3.61. The van der Waals surface area contributed by atoms with Crippen molar-refractivity contribution in [2.45, 2.75) is 40.3 Å². The molecule has 0 saturated heterocycles. The average molecular weight is 414 g/mol. The van der Waals surface area contributed by atoms with Crippen LogP contribution in [0, 0.1) is 13.8 Å². The number of ether oxygens (including phenoxy) is 1. The summed E-state index contributed by atoms with van der Waals surface area (Å²) in [5.74, 6) is 0. The molecule has 1 aromatic heterocycles. The van der Waals surface area contributed by atoms with E-state index >= 15 is 0 Å². The van der Waals surface area contributed by atoms with E-state index in [-0.39, 0.29) is 12.6 Å². The van der Waals surface area contributed by atoms with Gasteiger partial charge < -0.3 is 15.4 Å². The minimum Gasteiger partial charge on any atom is -0.445 e. The summed E-state index contributed by atoms with van der Waals surface area (Å²) in [5, 5.41) is 8.46. The zero-order chi connectivity index (χ0) is 22.0. The summed E-state index contributed by atoms with van der Waals surface area (Å²) < 4.78 is 5.32. The predicted octanol–water partition coefficient (Wildman–Crippen LogP) is 6.38. The number of hydrogen-bond acceptors (Lipinski definition) is 4. The Kier molecular flexibility index (Phi) is 5.76. The molecule has 4 aromatic rings. The molecule has 2 N–H and O–H groups in total. The lowest BCUT2D eigenvalue weighted by molar-refractivity contribution is 0.137. The van der Waals surface area contributed by atoms with Crippen molar-refractivity contribution in [3.05, 3.63) is 77.4 Å². The third-order valence-electron chi connectivity index (χ3n) is 5.06. The van der Waals surface area contributed by atoms with Crippen molar-refractivity contribution in [1.29, 1.82) is 0 Å². The van der Waals surface area contributed by atoms with E-state index < -0.39 is 6.09 Å². The predicted molar refractivity (Wildman–Crippen MR) is 127 cm³/mol. The lowest BCUT2D eigenvalue weighted by Gasteiger charge is -2.15. The maximum Gasteiger partial charge on any atom is 0.407 e. The fraction of sp³-hybridized carbons (Fsp3) is 0.231. The summed E-state index contributed by atoms with van der Waals surface area (Å²) in [6, 6.07) is 20.6. The number of rotatable bonds is 5. The van der Waals surface area contributed by atoms with E-state index in [9.17, 15) is 4.79 Å². The van der Waals surface area contributed by atoms with Gasteiger partial charge in [-0.2, -0.15) is 0 Å². The van der Waals surface area contributed by atoms with Gasteiger partial charge >= 0.3 is 6.09 Å². The number of carbonyl (C=O) groups is 1. The molecule has 0 atom stereocenters. The summed E-state index contributed by atoms with van der Waals surface area (Å²) in [5.41, 5.74) is 7.15. The molecule has 0 fully saturated rings. The number of anilines is 2. The number of aromatic nitrogens is 1. The molecule has 5 heteroatoms. The van der Waals surface area contributed by atoms with Gasteiger partial charge in [0.2, 0.25) is 0 Å². The molecule has 31 heavy (non-hydrogen) atoms. The minimum atomic E-state index is -0.412. The molecule has 1 amide bonds. The van der Waals surface area contributed by atoms with Crippen molar-refractivity contribution in [2.75, 3.05) is 5.32 Å². The Bertz CT molecular complexity index is 1200. The second-order valence-corrected chi connectivity index (χ2v) is 8.23. The quantitative estimate of drug-likeness (QED) is 0.373. The molecular formula is C26H27N3O2. The SMILES string of the molecule is Cc1ccc2c(Nc3cccc(COC(=O)NC(C)C)c3)c3ccc(C)cc3nc2c1. The van der Waals surface area contributed by atoms with E-state index in [1.165, 1.54) is 11.1 Å². The molecule has 158 valence electrons. The van der Waals surface area contributed by atoms with Gasteiger partial charge in [-0.1, -0.05) is 36.4 Å². The fourth-order valence-electron chi connectivity index (χ4n) is 3.61. The van der Waals surface area contributed by atoms with Crippen LogP contribution in [0.15, 0.2) is 60.7 Å². The molecule has 0 unspecified atom stereocenters. The summed E-state index contributed by atoms with van der Waals surface area (Å²) in [6.07, 6.45) is -0.412. The Morgan fingerprint density at radius 3 is 2.19 bits per heavy atom.